The summed E-state index contributed by atoms with van der Waals surface area (Å²) in [6, 6.07) is 8.14. The van der Waals surface area contributed by atoms with Crippen molar-refractivity contribution in [3.8, 4) is 5.75 Å². The Labute approximate surface area is 125 Å². The topological polar surface area (TPSA) is 47.3 Å². The predicted molar refractivity (Wildman–Crippen MR) is 81.4 cm³/mol. The Morgan fingerprint density at radius 3 is 3.14 bits per heavy atom. The van der Waals surface area contributed by atoms with Crippen molar-refractivity contribution < 1.29 is 9.84 Å². The van der Waals surface area contributed by atoms with Crippen molar-refractivity contribution >= 4 is 0 Å². The number of hydrogen-bond acceptors (Lipinski definition) is 3. The summed E-state index contributed by atoms with van der Waals surface area (Å²) in [6.07, 6.45) is 6.00. The molecule has 1 N–H and O–H groups in total. The normalized spacial score (nSPS) is 18.9. The molecule has 1 aromatic heterocycles. The highest BCUT2D eigenvalue weighted by atomic mass is 16.5. The number of ether oxygens (including phenoxy) is 1. The second-order valence-electron chi connectivity index (χ2n) is 5.66. The van der Waals surface area contributed by atoms with Crippen LogP contribution in [0.3, 0.4) is 0 Å². The second-order valence-corrected chi connectivity index (χ2v) is 5.66. The van der Waals surface area contributed by atoms with Gasteiger partial charge in [-0.25, -0.2) is 0 Å². The van der Waals surface area contributed by atoms with Gasteiger partial charge in [-0.2, -0.15) is 5.10 Å². The van der Waals surface area contributed by atoms with Crippen LogP contribution in [0.15, 0.2) is 36.7 Å². The van der Waals surface area contributed by atoms with E-state index in [-0.39, 0.29) is 0 Å². The number of para-hydroxylation sites is 1. The number of benzene rings is 1. The number of aryl methyl sites for hydroxylation is 1. The number of hydrogen-bond donors (Lipinski definition) is 1. The molecule has 2 atom stereocenters. The molecule has 0 amide bonds. The van der Waals surface area contributed by atoms with Gasteiger partial charge in [0.25, 0.3) is 0 Å². The first-order chi connectivity index (χ1) is 10.3. The van der Waals surface area contributed by atoms with Gasteiger partial charge in [-0.1, -0.05) is 25.1 Å². The van der Waals surface area contributed by atoms with E-state index in [4.69, 9.17) is 4.74 Å². The average Bonchev–Trinajstić information content (AvgIpc) is 2.97. The maximum Gasteiger partial charge on any atom is 0.122 e. The zero-order valence-corrected chi connectivity index (χ0v) is 12.4. The first-order valence-corrected chi connectivity index (χ1v) is 7.70. The lowest BCUT2D eigenvalue weighted by molar-refractivity contribution is 0.145. The summed E-state index contributed by atoms with van der Waals surface area (Å²) in [5.74, 6) is 1.31. The molecule has 0 radical (unpaired) electrons. The van der Waals surface area contributed by atoms with E-state index in [1.807, 2.05) is 29.1 Å². The molecule has 0 bridgehead atoms. The molecule has 0 saturated carbocycles. The number of nitrogens with zero attached hydrogens (tertiary/aromatic N) is 2. The van der Waals surface area contributed by atoms with Gasteiger partial charge in [0, 0.05) is 18.3 Å². The van der Waals surface area contributed by atoms with E-state index in [0.29, 0.717) is 5.92 Å². The molecule has 1 aliphatic rings. The Bertz CT molecular complexity index is 594. The number of rotatable bonds is 5. The summed E-state index contributed by atoms with van der Waals surface area (Å²) in [6.45, 7) is 3.74. The van der Waals surface area contributed by atoms with Crippen molar-refractivity contribution in [1.82, 2.24) is 9.78 Å². The van der Waals surface area contributed by atoms with Gasteiger partial charge >= 0.3 is 0 Å². The zero-order valence-electron chi connectivity index (χ0n) is 12.4. The lowest BCUT2D eigenvalue weighted by Crippen LogP contribution is -2.16. The van der Waals surface area contributed by atoms with Crippen LogP contribution in [0, 0.1) is 0 Å². The van der Waals surface area contributed by atoms with Gasteiger partial charge in [-0.15, -0.1) is 0 Å². The summed E-state index contributed by atoms with van der Waals surface area (Å²) in [4.78, 5) is 0. The third-order valence-electron chi connectivity index (χ3n) is 4.08. The maximum absolute atomic E-state index is 10.5. The molecule has 1 aromatic carbocycles. The standard InChI is InChI=1S/C17H22N2O2/c1-2-8-19-12-14(11-18-19)16(20)10-13-7-9-21-17-6-4-3-5-15(13)17/h3-6,11-13,16,20H,2,7-10H2,1H3. The summed E-state index contributed by atoms with van der Waals surface area (Å²) in [7, 11) is 0. The minimum absolute atomic E-state index is 0.347. The van der Waals surface area contributed by atoms with E-state index in [0.717, 1.165) is 43.7 Å². The van der Waals surface area contributed by atoms with Crippen molar-refractivity contribution in [2.75, 3.05) is 6.61 Å². The molecule has 21 heavy (non-hydrogen) atoms. The Balaban J connectivity index is 1.71. The molecular weight excluding hydrogens is 264 g/mol. The number of aliphatic hydroxyl groups excluding tert-OH is 1. The first-order valence-electron chi connectivity index (χ1n) is 7.70. The number of aliphatic hydroxyl groups is 1. The summed E-state index contributed by atoms with van der Waals surface area (Å²) in [5, 5.41) is 14.8. The van der Waals surface area contributed by atoms with Gasteiger partial charge in [0.05, 0.1) is 18.9 Å². The molecule has 112 valence electrons. The van der Waals surface area contributed by atoms with Crippen molar-refractivity contribution in [3.05, 3.63) is 47.8 Å². The predicted octanol–water partition coefficient (Wildman–Crippen LogP) is 3.28. The van der Waals surface area contributed by atoms with Crippen molar-refractivity contribution in [2.45, 2.75) is 44.8 Å². The first kappa shape index (κ1) is 14.1. The third-order valence-corrected chi connectivity index (χ3v) is 4.08. The van der Waals surface area contributed by atoms with E-state index in [2.05, 4.69) is 18.1 Å². The molecule has 4 nitrogen and oxygen atoms in total. The molecule has 4 heteroatoms. The highest BCUT2D eigenvalue weighted by Gasteiger charge is 2.24. The smallest absolute Gasteiger partial charge is 0.122 e. The van der Waals surface area contributed by atoms with Gasteiger partial charge in [-0.05, 0) is 36.8 Å². The Hall–Kier alpha value is -1.81. The lowest BCUT2D eigenvalue weighted by Gasteiger charge is -2.27. The van der Waals surface area contributed by atoms with E-state index < -0.39 is 6.10 Å². The fraction of sp³-hybridized carbons (Fsp3) is 0.471. The Kier molecular flexibility index (Phi) is 4.25. The van der Waals surface area contributed by atoms with Crippen LogP contribution in [-0.4, -0.2) is 21.5 Å². The Morgan fingerprint density at radius 1 is 1.43 bits per heavy atom. The lowest BCUT2D eigenvalue weighted by atomic mass is 9.87. The molecule has 2 unspecified atom stereocenters. The van der Waals surface area contributed by atoms with Crippen LogP contribution in [0.1, 0.15) is 49.3 Å². The Morgan fingerprint density at radius 2 is 2.29 bits per heavy atom. The highest BCUT2D eigenvalue weighted by Crippen LogP contribution is 2.38. The maximum atomic E-state index is 10.5. The zero-order chi connectivity index (χ0) is 14.7. The van der Waals surface area contributed by atoms with E-state index >= 15 is 0 Å². The van der Waals surface area contributed by atoms with Gasteiger partial charge in [0.1, 0.15) is 5.75 Å². The van der Waals surface area contributed by atoms with Crippen LogP contribution in [0.5, 0.6) is 5.75 Å². The molecule has 0 spiro atoms. The van der Waals surface area contributed by atoms with E-state index in [1.54, 1.807) is 6.20 Å². The van der Waals surface area contributed by atoms with Gasteiger partial charge in [0.2, 0.25) is 0 Å². The van der Waals surface area contributed by atoms with Crippen molar-refractivity contribution in [2.24, 2.45) is 0 Å². The quantitative estimate of drug-likeness (QED) is 0.917. The monoisotopic (exact) mass is 286 g/mol. The third kappa shape index (κ3) is 3.10. The average molecular weight is 286 g/mol. The van der Waals surface area contributed by atoms with Crippen LogP contribution in [0.25, 0.3) is 0 Å². The largest absolute Gasteiger partial charge is 0.493 e. The fourth-order valence-corrected chi connectivity index (χ4v) is 2.97. The molecule has 0 aliphatic carbocycles. The van der Waals surface area contributed by atoms with E-state index in [9.17, 15) is 5.11 Å². The molecule has 2 heterocycles. The molecular formula is C17H22N2O2. The van der Waals surface area contributed by atoms with Crippen molar-refractivity contribution in [3.63, 3.8) is 0 Å². The summed E-state index contributed by atoms with van der Waals surface area (Å²) < 4.78 is 7.58. The summed E-state index contributed by atoms with van der Waals surface area (Å²) in [5.41, 5.74) is 2.12. The molecule has 0 saturated heterocycles. The van der Waals surface area contributed by atoms with Gasteiger partial charge in [-0.3, -0.25) is 4.68 Å². The minimum atomic E-state index is -0.466. The van der Waals surface area contributed by atoms with E-state index in [1.165, 1.54) is 5.56 Å². The molecule has 3 rings (SSSR count). The number of fused-ring (bicyclic) bond motifs is 1. The van der Waals surface area contributed by atoms with Crippen LogP contribution in [0.2, 0.25) is 0 Å². The molecule has 2 aromatic rings. The fourth-order valence-electron chi connectivity index (χ4n) is 2.97. The van der Waals surface area contributed by atoms with Gasteiger partial charge < -0.3 is 9.84 Å². The van der Waals surface area contributed by atoms with Crippen LogP contribution in [-0.2, 0) is 6.54 Å². The highest BCUT2D eigenvalue weighted by molar-refractivity contribution is 5.38. The molecule has 1 aliphatic heterocycles. The van der Waals surface area contributed by atoms with Crippen molar-refractivity contribution in [1.29, 1.82) is 0 Å². The minimum Gasteiger partial charge on any atom is -0.493 e. The molecule has 0 fully saturated rings. The SMILES string of the molecule is CCCn1cc(C(O)CC2CCOc3ccccc32)cn1. The summed E-state index contributed by atoms with van der Waals surface area (Å²) >= 11 is 0. The van der Waals surface area contributed by atoms with Crippen LogP contribution in [0.4, 0.5) is 0 Å². The second kappa shape index (κ2) is 6.31. The number of aromatic nitrogens is 2. The van der Waals surface area contributed by atoms with Gasteiger partial charge in [0.15, 0.2) is 0 Å². The van der Waals surface area contributed by atoms with Crippen LogP contribution < -0.4 is 4.74 Å². The van der Waals surface area contributed by atoms with Crippen LogP contribution >= 0.6 is 0 Å².